The summed E-state index contributed by atoms with van der Waals surface area (Å²) in [5.74, 6) is 0.0166. The quantitative estimate of drug-likeness (QED) is 0.832. The normalized spacial score (nSPS) is 17.8. The molecule has 0 aliphatic carbocycles. The van der Waals surface area contributed by atoms with Gasteiger partial charge in [-0.2, -0.15) is 0 Å². The van der Waals surface area contributed by atoms with Crippen LogP contribution in [0.2, 0.25) is 0 Å². The summed E-state index contributed by atoms with van der Waals surface area (Å²) in [6.07, 6.45) is 5.51. The van der Waals surface area contributed by atoms with Gasteiger partial charge in [0.1, 0.15) is 4.88 Å². The second-order valence-corrected chi connectivity index (χ2v) is 6.75. The lowest BCUT2D eigenvalue weighted by Crippen LogP contribution is -2.43. The van der Waals surface area contributed by atoms with Crippen LogP contribution in [-0.4, -0.2) is 47.1 Å². The first kappa shape index (κ1) is 16.9. The van der Waals surface area contributed by atoms with Crippen LogP contribution in [0.3, 0.4) is 0 Å². The minimum atomic E-state index is 0.0166. The van der Waals surface area contributed by atoms with Crippen molar-refractivity contribution in [2.24, 2.45) is 0 Å². The van der Waals surface area contributed by atoms with Gasteiger partial charge in [0.2, 0.25) is 0 Å². The van der Waals surface area contributed by atoms with Gasteiger partial charge in [-0.1, -0.05) is 17.4 Å². The first-order valence-corrected chi connectivity index (χ1v) is 8.80. The van der Waals surface area contributed by atoms with E-state index in [9.17, 15) is 4.79 Å². The number of aryl methyl sites for hydroxylation is 1. The van der Waals surface area contributed by atoms with Crippen LogP contribution >= 0.6 is 11.3 Å². The van der Waals surface area contributed by atoms with E-state index in [4.69, 9.17) is 9.47 Å². The molecular formula is C17H21N3O3S. The van der Waals surface area contributed by atoms with E-state index in [0.29, 0.717) is 23.2 Å². The molecule has 0 unspecified atom stereocenters. The molecule has 0 spiro atoms. The van der Waals surface area contributed by atoms with Crippen molar-refractivity contribution < 1.29 is 14.3 Å². The smallest absolute Gasteiger partial charge is 0.273 e. The Kier molecular flexibility index (Phi) is 5.42. The van der Waals surface area contributed by atoms with Crippen LogP contribution in [0.4, 0.5) is 0 Å². The number of rotatable bonds is 5. The van der Waals surface area contributed by atoms with Crippen molar-refractivity contribution in [2.45, 2.75) is 32.5 Å². The Hall–Kier alpha value is -1.99. The number of piperidine rings is 1. The van der Waals surface area contributed by atoms with Crippen molar-refractivity contribution in [3.63, 3.8) is 0 Å². The van der Waals surface area contributed by atoms with E-state index >= 15 is 0 Å². The Labute approximate surface area is 145 Å². The summed E-state index contributed by atoms with van der Waals surface area (Å²) in [4.78, 5) is 23.6. The third-order valence-corrected chi connectivity index (χ3v) is 5.13. The molecule has 0 saturated carbocycles. The predicted molar refractivity (Wildman–Crippen MR) is 91.4 cm³/mol. The van der Waals surface area contributed by atoms with Crippen molar-refractivity contribution in [1.82, 2.24) is 14.9 Å². The van der Waals surface area contributed by atoms with Gasteiger partial charge in [-0.15, -0.1) is 0 Å². The van der Waals surface area contributed by atoms with Crippen LogP contribution in [0.5, 0.6) is 5.19 Å². The lowest BCUT2D eigenvalue weighted by Gasteiger charge is -2.32. The van der Waals surface area contributed by atoms with E-state index < -0.39 is 0 Å². The van der Waals surface area contributed by atoms with E-state index in [1.165, 1.54) is 11.3 Å². The highest BCUT2D eigenvalue weighted by Gasteiger charge is 2.27. The summed E-state index contributed by atoms with van der Waals surface area (Å²) in [6, 6.07) is 3.89. The van der Waals surface area contributed by atoms with Gasteiger partial charge in [-0.05, 0) is 31.4 Å². The van der Waals surface area contributed by atoms with E-state index in [1.54, 1.807) is 19.5 Å². The predicted octanol–water partition coefficient (Wildman–Crippen LogP) is 2.68. The number of amides is 1. The van der Waals surface area contributed by atoms with Crippen molar-refractivity contribution in [1.29, 1.82) is 0 Å². The molecule has 3 rings (SSSR count). The van der Waals surface area contributed by atoms with Gasteiger partial charge in [0.25, 0.3) is 11.1 Å². The molecule has 7 heteroatoms. The Morgan fingerprint density at radius 2 is 2.38 bits per heavy atom. The summed E-state index contributed by atoms with van der Waals surface area (Å²) in [5, 5.41) is 0.525. The zero-order chi connectivity index (χ0) is 16.9. The van der Waals surface area contributed by atoms with Crippen molar-refractivity contribution in [2.75, 3.05) is 20.2 Å². The number of carbonyl (C=O) groups is 1. The van der Waals surface area contributed by atoms with Gasteiger partial charge in [-0.3, -0.25) is 9.78 Å². The number of pyridine rings is 1. The first-order valence-electron chi connectivity index (χ1n) is 7.98. The van der Waals surface area contributed by atoms with Gasteiger partial charge in [0.05, 0.1) is 25.5 Å². The molecule has 2 aromatic heterocycles. The fraction of sp³-hybridized carbons (Fsp3) is 0.471. The zero-order valence-electron chi connectivity index (χ0n) is 13.9. The standard InChI is InChI=1S/C17H21N3O3S/c1-12-15(24-17(19-12)22-2)16(21)20-8-4-6-14(10-20)23-11-13-5-3-7-18-9-13/h3,5,7,9,14H,4,6,8,10-11H2,1-2H3/t14-/m0/s1. The number of hydrogen-bond acceptors (Lipinski definition) is 6. The summed E-state index contributed by atoms with van der Waals surface area (Å²) in [7, 11) is 1.57. The van der Waals surface area contributed by atoms with E-state index in [0.717, 1.165) is 30.6 Å². The number of ether oxygens (including phenoxy) is 2. The molecule has 128 valence electrons. The highest BCUT2D eigenvalue weighted by molar-refractivity contribution is 7.15. The maximum Gasteiger partial charge on any atom is 0.273 e. The van der Waals surface area contributed by atoms with Gasteiger partial charge in [-0.25, -0.2) is 4.98 Å². The summed E-state index contributed by atoms with van der Waals surface area (Å²) < 4.78 is 11.1. The summed E-state index contributed by atoms with van der Waals surface area (Å²) >= 11 is 1.30. The van der Waals surface area contributed by atoms with Crippen LogP contribution in [0.1, 0.15) is 33.8 Å². The molecule has 0 radical (unpaired) electrons. The van der Waals surface area contributed by atoms with Gasteiger partial charge < -0.3 is 14.4 Å². The molecule has 24 heavy (non-hydrogen) atoms. The topological polar surface area (TPSA) is 64.5 Å². The second-order valence-electron chi connectivity index (χ2n) is 5.79. The Morgan fingerprint density at radius 3 is 3.08 bits per heavy atom. The maximum absolute atomic E-state index is 12.7. The molecule has 1 aliphatic rings. The number of hydrogen-bond donors (Lipinski definition) is 0. The van der Waals surface area contributed by atoms with Crippen molar-refractivity contribution in [3.8, 4) is 5.19 Å². The number of methoxy groups -OCH3 is 1. The Morgan fingerprint density at radius 1 is 1.50 bits per heavy atom. The number of thiazole rings is 1. The number of aromatic nitrogens is 2. The van der Waals surface area contributed by atoms with Crippen LogP contribution in [0, 0.1) is 6.92 Å². The van der Waals surface area contributed by atoms with Crippen molar-refractivity contribution in [3.05, 3.63) is 40.7 Å². The van der Waals surface area contributed by atoms with E-state index in [2.05, 4.69) is 9.97 Å². The number of nitrogens with zero attached hydrogens (tertiary/aromatic N) is 3. The number of carbonyl (C=O) groups excluding carboxylic acids is 1. The highest BCUT2D eigenvalue weighted by atomic mass is 32.1. The molecule has 1 amide bonds. The zero-order valence-corrected chi connectivity index (χ0v) is 14.7. The molecule has 1 saturated heterocycles. The van der Waals surface area contributed by atoms with Gasteiger partial charge >= 0.3 is 0 Å². The second kappa shape index (κ2) is 7.72. The van der Waals surface area contributed by atoms with E-state index in [-0.39, 0.29) is 12.0 Å². The van der Waals surface area contributed by atoms with E-state index in [1.807, 2.05) is 24.0 Å². The lowest BCUT2D eigenvalue weighted by atomic mass is 10.1. The molecular weight excluding hydrogens is 326 g/mol. The largest absolute Gasteiger partial charge is 0.473 e. The maximum atomic E-state index is 12.7. The molecule has 0 aromatic carbocycles. The lowest BCUT2D eigenvalue weighted by molar-refractivity contribution is -0.00670. The molecule has 0 N–H and O–H groups in total. The number of likely N-dealkylation sites (tertiary alicyclic amines) is 1. The molecule has 6 nitrogen and oxygen atoms in total. The molecule has 3 heterocycles. The van der Waals surface area contributed by atoms with Crippen LogP contribution in [0.25, 0.3) is 0 Å². The monoisotopic (exact) mass is 347 g/mol. The van der Waals surface area contributed by atoms with Gasteiger partial charge in [0, 0.05) is 25.5 Å². The van der Waals surface area contributed by atoms with Gasteiger partial charge in [0.15, 0.2) is 0 Å². The molecule has 0 bridgehead atoms. The minimum absolute atomic E-state index is 0.0166. The first-order chi connectivity index (χ1) is 11.7. The third-order valence-electron chi connectivity index (χ3n) is 4.02. The van der Waals surface area contributed by atoms with Crippen LogP contribution in [0.15, 0.2) is 24.5 Å². The van der Waals surface area contributed by atoms with Crippen LogP contribution in [-0.2, 0) is 11.3 Å². The summed E-state index contributed by atoms with van der Waals surface area (Å²) in [6.45, 7) is 3.73. The summed E-state index contributed by atoms with van der Waals surface area (Å²) in [5.41, 5.74) is 1.77. The Bertz CT molecular complexity index is 690. The Balaban J connectivity index is 1.60. The molecule has 2 aromatic rings. The van der Waals surface area contributed by atoms with Crippen molar-refractivity contribution >= 4 is 17.2 Å². The average molecular weight is 347 g/mol. The molecule has 1 aliphatic heterocycles. The fourth-order valence-corrected chi connectivity index (χ4v) is 3.61. The third kappa shape index (κ3) is 3.91. The molecule has 1 atom stereocenters. The fourth-order valence-electron chi connectivity index (χ4n) is 2.76. The average Bonchev–Trinajstić information content (AvgIpc) is 3.01. The SMILES string of the molecule is COc1nc(C)c(C(=O)N2CCC[C@H](OCc3cccnc3)C2)s1. The van der Waals surface area contributed by atoms with Crippen LogP contribution < -0.4 is 4.74 Å². The highest BCUT2D eigenvalue weighted by Crippen LogP contribution is 2.27. The molecule has 1 fully saturated rings. The minimum Gasteiger partial charge on any atom is -0.473 e.